The topological polar surface area (TPSA) is 46.2 Å². The first-order chi connectivity index (χ1) is 6.29. The van der Waals surface area contributed by atoms with E-state index in [1.54, 1.807) is 12.1 Å². The fraction of sp³-hybridized carbons (Fsp3) is 0.143. The summed E-state index contributed by atoms with van der Waals surface area (Å²) in [5, 5.41) is 0.516. The number of nitrogens with one attached hydrogen (secondary N) is 1. The molecule has 0 atom stereocenters. The largest absolute Gasteiger partial charge is 0.281 e. The van der Waals surface area contributed by atoms with Crippen molar-refractivity contribution in [3.8, 4) is 0 Å². The predicted molar refractivity (Wildman–Crippen MR) is 65.3 cm³/mol. The van der Waals surface area contributed by atoms with Crippen molar-refractivity contribution < 1.29 is 8.42 Å². The lowest BCUT2D eigenvalue weighted by Crippen LogP contribution is -2.10. The van der Waals surface area contributed by atoms with Gasteiger partial charge in [-0.05, 0) is 44.0 Å². The number of sulfonamides is 1. The van der Waals surface area contributed by atoms with Crippen LogP contribution in [0.15, 0.2) is 21.1 Å². The molecule has 0 aliphatic rings. The minimum Gasteiger partial charge on any atom is -0.281 e. The highest BCUT2D eigenvalue weighted by Crippen LogP contribution is 2.34. The van der Waals surface area contributed by atoms with Gasteiger partial charge >= 0.3 is 0 Å². The third-order valence-electron chi connectivity index (χ3n) is 1.29. The van der Waals surface area contributed by atoms with Crippen LogP contribution in [0.25, 0.3) is 0 Å². The average molecular weight is 363 g/mol. The molecule has 0 heterocycles. The molecule has 14 heavy (non-hydrogen) atoms. The number of anilines is 1. The van der Waals surface area contributed by atoms with Crippen LogP contribution < -0.4 is 4.72 Å². The van der Waals surface area contributed by atoms with Crippen LogP contribution in [0.1, 0.15) is 0 Å². The fourth-order valence-electron chi connectivity index (χ4n) is 0.825. The molecule has 0 aliphatic heterocycles. The van der Waals surface area contributed by atoms with Crippen LogP contribution in [-0.2, 0) is 10.0 Å². The van der Waals surface area contributed by atoms with Gasteiger partial charge in [-0.25, -0.2) is 8.42 Å². The Morgan fingerprint density at radius 2 is 1.71 bits per heavy atom. The molecular weight excluding hydrogens is 357 g/mol. The summed E-state index contributed by atoms with van der Waals surface area (Å²) in [7, 11) is -3.29. The van der Waals surface area contributed by atoms with Crippen LogP contribution in [0.5, 0.6) is 0 Å². The van der Waals surface area contributed by atoms with Crippen LogP contribution in [-0.4, -0.2) is 14.7 Å². The smallest absolute Gasteiger partial charge is 0.229 e. The quantitative estimate of drug-likeness (QED) is 0.877. The molecule has 0 unspecified atom stereocenters. The molecule has 1 rings (SSSR count). The molecule has 0 fully saturated rings. The van der Waals surface area contributed by atoms with Gasteiger partial charge in [0, 0.05) is 14.0 Å². The molecule has 1 aromatic rings. The van der Waals surface area contributed by atoms with E-state index in [-0.39, 0.29) is 0 Å². The zero-order valence-corrected chi connectivity index (χ0v) is 11.8. The van der Waals surface area contributed by atoms with Gasteiger partial charge in [0.1, 0.15) is 0 Å². The summed E-state index contributed by atoms with van der Waals surface area (Å²) in [6.07, 6.45) is 1.08. The molecule has 0 saturated carbocycles. The Morgan fingerprint density at radius 3 is 2.07 bits per heavy atom. The minimum atomic E-state index is -3.29. The molecule has 0 aromatic heterocycles. The monoisotopic (exact) mass is 361 g/mol. The zero-order valence-electron chi connectivity index (χ0n) is 7.01. The third kappa shape index (κ3) is 3.42. The number of rotatable bonds is 2. The van der Waals surface area contributed by atoms with Gasteiger partial charge in [-0.15, -0.1) is 0 Å². The van der Waals surface area contributed by atoms with E-state index in [1.807, 2.05) is 0 Å². The van der Waals surface area contributed by atoms with E-state index in [2.05, 4.69) is 36.6 Å². The van der Waals surface area contributed by atoms with E-state index in [4.69, 9.17) is 11.6 Å². The lowest BCUT2D eigenvalue weighted by molar-refractivity contribution is 0.607. The highest BCUT2D eigenvalue weighted by atomic mass is 79.9. The first-order valence-corrected chi connectivity index (χ1v) is 7.27. The standard InChI is InChI=1S/C7H6Br2ClNO2S/c1-14(12,13)11-7-5(8)2-4(10)3-6(7)9/h2-3,11H,1H3. The van der Waals surface area contributed by atoms with Crippen molar-refractivity contribution in [1.29, 1.82) is 0 Å². The summed E-state index contributed by atoms with van der Waals surface area (Å²) in [5.41, 5.74) is 0.442. The van der Waals surface area contributed by atoms with Gasteiger partial charge < -0.3 is 0 Å². The molecule has 0 radical (unpaired) electrons. The SMILES string of the molecule is CS(=O)(=O)Nc1c(Br)cc(Cl)cc1Br. The third-order valence-corrected chi connectivity index (χ3v) is 3.34. The summed E-state index contributed by atoms with van der Waals surface area (Å²) < 4.78 is 25.5. The molecule has 0 saturated heterocycles. The highest BCUT2D eigenvalue weighted by Gasteiger charge is 2.10. The van der Waals surface area contributed by atoms with Crippen LogP contribution in [0.4, 0.5) is 5.69 Å². The Labute approximate surface area is 104 Å². The number of hydrogen-bond acceptors (Lipinski definition) is 2. The molecule has 0 bridgehead atoms. The predicted octanol–water partition coefficient (Wildman–Crippen LogP) is 3.24. The van der Waals surface area contributed by atoms with Crippen molar-refractivity contribution in [1.82, 2.24) is 0 Å². The van der Waals surface area contributed by atoms with E-state index in [0.29, 0.717) is 19.7 Å². The Bertz CT molecular complexity index is 438. The summed E-state index contributed by atoms with van der Waals surface area (Å²) in [4.78, 5) is 0. The number of halogens is 3. The van der Waals surface area contributed by atoms with E-state index < -0.39 is 10.0 Å². The van der Waals surface area contributed by atoms with Crippen molar-refractivity contribution >= 4 is 59.2 Å². The summed E-state index contributed by atoms with van der Waals surface area (Å²) in [6.45, 7) is 0. The molecule has 1 N–H and O–H groups in total. The van der Waals surface area contributed by atoms with Crippen LogP contribution in [0.2, 0.25) is 5.02 Å². The summed E-state index contributed by atoms with van der Waals surface area (Å²) in [5.74, 6) is 0. The Hall–Kier alpha value is 0.220. The number of benzene rings is 1. The molecule has 7 heteroatoms. The van der Waals surface area contributed by atoms with E-state index in [9.17, 15) is 8.42 Å². The van der Waals surface area contributed by atoms with Gasteiger partial charge in [-0.1, -0.05) is 11.6 Å². The first kappa shape index (κ1) is 12.3. The molecule has 0 spiro atoms. The Morgan fingerprint density at radius 1 is 1.29 bits per heavy atom. The van der Waals surface area contributed by atoms with Gasteiger partial charge in [-0.2, -0.15) is 0 Å². The first-order valence-electron chi connectivity index (χ1n) is 3.42. The van der Waals surface area contributed by atoms with E-state index >= 15 is 0 Å². The van der Waals surface area contributed by atoms with E-state index in [1.165, 1.54) is 0 Å². The van der Waals surface area contributed by atoms with Gasteiger partial charge in [0.2, 0.25) is 10.0 Å². The summed E-state index contributed by atoms with van der Waals surface area (Å²) >= 11 is 12.2. The maximum Gasteiger partial charge on any atom is 0.229 e. The second-order valence-electron chi connectivity index (χ2n) is 2.62. The normalized spacial score (nSPS) is 11.4. The van der Waals surface area contributed by atoms with E-state index in [0.717, 1.165) is 6.26 Å². The molecule has 78 valence electrons. The van der Waals surface area contributed by atoms with Crippen LogP contribution in [0.3, 0.4) is 0 Å². The van der Waals surface area contributed by atoms with Crippen LogP contribution in [0, 0.1) is 0 Å². The van der Waals surface area contributed by atoms with Crippen molar-refractivity contribution in [2.24, 2.45) is 0 Å². The Balaban J connectivity index is 3.22. The lowest BCUT2D eigenvalue weighted by Gasteiger charge is -2.09. The lowest BCUT2D eigenvalue weighted by atomic mass is 10.3. The highest BCUT2D eigenvalue weighted by molar-refractivity contribution is 9.11. The second-order valence-corrected chi connectivity index (χ2v) is 6.51. The minimum absolute atomic E-state index is 0.442. The molecule has 0 amide bonds. The van der Waals surface area contributed by atoms with Crippen LogP contribution >= 0.6 is 43.5 Å². The molecular formula is C7H6Br2ClNO2S. The van der Waals surface area contributed by atoms with Crippen molar-refractivity contribution in [3.63, 3.8) is 0 Å². The molecule has 3 nitrogen and oxygen atoms in total. The average Bonchev–Trinajstić information content (AvgIpc) is 1.95. The fourth-order valence-corrected chi connectivity index (χ4v) is 3.54. The molecule has 1 aromatic carbocycles. The van der Waals surface area contributed by atoms with Gasteiger partial charge in [0.15, 0.2) is 0 Å². The molecule has 0 aliphatic carbocycles. The zero-order chi connectivity index (χ0) is 10.9. The van der Waals surface area contributed by atoms with Crippen molar-refractivity contribution in [2.75, 3.05) is 11.0 Å². The van der Waals surface area contributed by atoms with Crippen molar-refractivity contribution in [2.45, 2.75) is 0 Å². The summed E-state index contributed by atoms with van der Waals surface area (Å²) in [6, 6.07) is 3.22. The maximum atomic E-state index is 11.0. The van der Waals surface area contributed by atoms with Gasteiger partial charge in [0.25, 0.3) is 0 Å². The number of hydrogen-bond donors (Lipinski definition) is 1. The maximum absolute atomic E-state index is 11.0. The van der Waals surface area contributed by atoms with Gasteiger partial charge in [0.05, 0.1) is 11.9 Å². The second kappa shape index (κ2) is 4.38. The van der Waals surface area contributed by atoms with Gasteiger partial charge in [-0.3, -0.25) is 4.72 Å². The van der Waals surface area contributed by atoms with Crippen molar-refractivity contribution in [3.05, 3.63) is 26.1 Å². The Kier molecular flexibility index (Phi) is 3.85.